The van der Waals surface area contributed by atoms with Crippen LogP contribution in [0.15, 0.2) is 128 Å². The zero-order valence-corrected chi connectivity index (χ0v) is 34.3. The first-order valence-electron chi connectivity index (χ1n) is 21.2. The summed E-state index contributed by atoms with van der Waals surface area (Å²) in [6, 6.07) is 33.5. The molecule has 0 amide bonds. The predicted octanol–water partition coefficient (Wildman–Crippen LogP) is 11.6. The largest absolute Gasteiger partial charge is 0.491 e. The van der Waals surface area contributed by atoms with E-state index >= 15 is 0 Å². The average molecular weight is 801 g/mol. The number of hydrogen-bond acceptors (Lipinski definition) is 9. The van der Waals surface area contributed by atoms with E-state index in [-0.39, 0.29) is 25.1 Å². The minimum absolute atomic E-state index is 0.0144. The summed E-state index contributed by atoms with van der Waals surface area (Å²) in [5, 5.41) is 1.59. The van der Waals surface area contributed by atoms with Crippen LogP contribution in [-0.4, -0.2) is 38.5 Å². The van der Waals surface area contributed by atoms with Crippen molar-refractivity contribution in [1.29, 1.82) is 0 Å². The van der Waals surface area contributed by atoms with Crippen molar-refractivity contribution in [2.24, 2.45) is 5.92 Å². The Morgan fingerprint density at radius 2 is 1.00 bits per heavy atom. The second-order valence-corrected chi connectivity index (χ2v) is 15.2. The molecule has 0 saturated heterocycles. The van der Waals surface area contributed by atoms with Crippen LogP contribution >= 0.6 is 0 Å². The molecule has 0 N–H and O–H groups in total. The fraction of sp³-hybridized carbons (Fsp3) is 0.380. The molecule has 9 heteroatoms. The molecule has 6 aromatic rings. The van der Waals surface area contributed by atoms with E-state index in [1.807, 2.05) is 111 Å². The maximum absolute atomic E-state index is 12.9. The molecule has 9 nitrogen and oxygen atoms in total. The van der Waals surface area contributed by atoms with Gasteiger partial charge in [0, 0.05) is 29.5 Å². The van der Waals surface area contributed by atoms with Crippen molar-refractivity contribution in [2.45, 2.75) is 90.6 Å². The van der Waals surface area contributed by atoms with Crippen molar-refractivity contribution in [3.63, 3.8) is 0 Å². The molecular weight excluding hydrogens is 745 g/mol. The Balaban J connectivity index is 0.991. The fourth-order valence-electron chi connectivity index (χ4n) is 6.87. The second-order valence-electron chi connectivity index (χ2n) is 15.2. The van der Waals surface area contributed by atoms with Gasteiger partial charge in [0.2, 0.25) is 0 Å². The Labute approximate surface area is 346 Å². The van der Waals surface area contributed by atoms with Crippen molar-refractivity contribution >= 4 is 27.9 Å². The number of esters is 1. The Morgan fingerprint density at radius 1 is 0.559 bits per heavy atom. The van der Waals surface area contributed by atoms with Crippen LogP contribution in [0.2, 0.25) is 0 Å². The van der Waals surface area contributed by atoms with Crippen LogP contribution in [0.5, 0.6) is 11.5 Å². The molecule has 0 aliphatic heterocycles. The molecule has 0 radical (unpaired) electrons. The van der Waals surface area contributed by atoms with Crippen LogP contribution in [0.3, 0.4) is 0 Å². The van der Waals surface area contributed by atoms with Gasteiger partial charge in [-0.05, 0) is 66.8 Å². The normalized spacial score (nSPS) is 11.9. The molecule has 0 aliphatic carbocycles. The van der Waals surface area contributed by atoms with Gasteiger partial charge in [-0.2, -0.15) is 0 Å². The van der Waals surface area contributed by atoms with Gasteiger partial charge < -0.3 is 27.8 Å². The van der Waals surface area contributed by atoms with Gasteiger partial charge in [-0.25, -0.2) is 9.59 Å². The zero-order valence-electron chi connectivity index (χ0n) is 34.3. The van der Waals surface area contributed by atoms with Crippen molar-refractivity contribution in [2.75, 3.05) is 26.4 Å². The molecule has 0 saturated carbocycles. The number of carbonyl (C=O) groups excluding carboxylic acids is 1. The van der Waals surface area contributed by atoms with Crippen molar-refractivity contribution in [3.8, 4) is 33.8 Å². The average Bonchev–Trinajstić information content (AvgIpc) is 3.26. The number of rotatable bonds is 24. The number of fused-ring (bicyclic) bond motifs is 2. The van der Waals surface area contributed by atoms with Crippen molar-refractivity contribution < 1.29 is 32.6 Å². The number of unbranched alkanes of at least 4 members (excludes halogenated alkanes) is 9. The summed E-state index contributed by atoms with van der Waals surface area (Å²) in [5.74, 6) is 1.00. The summed E-state index contributed by atoms with van der Waals surface area (Å²) in [6.45, 7) is 5.42. The number of ether oxygens (including phenoxy) is 4. The van der Waals surface area contributed by atoms with Crippen molar-refractivity contribution in [1.82, 2.24) is 0 Å². The molecule has 1 unspecified atom stereocenters. The summed E-state index contributed by atoms with van der Waals surface area (Å²) in [7, 11) is 0. The van der Waals surface area contributed by atoms with E-state index in [9.17, 15) is 14.4 Å². The van der Waals surface area contributed by atoms with Crippen LogP contribution in [0, 0.1) is 5.92 Å². The highest BCUT2D eigenvalue weighted by Gasteiger charge is 2.16. The first-order chi connectivity index (χ1) is 28.9. The van der Waals surface area contributed by atoms with Gasteiger partial charge in [0.1, 0.15) is 42.0 Å². The summed E-state index contributed by atoms with van der Waals surface area (Å²) in [6.07, 6.45) is 11.6. The molecule has 2 heterocycles. The SMILES string of the molecule is CCC(C)C(=O)OCCCCCCCCCCCCOC(COc1ccc2cc(-c3ccccc3)c(=O)oc2c1)COc1ccc2cc(-c3ccccc3)c(=O)oc2c1. The Hall–Kier alpha value is -5.67. The monoisotopic (exact) mass is 800 g/mol. The lowest BCUT2D eigenvalue weighted by atomic mass is 10.1. The van der Waals surface area contributed by atoms with E-state index in [1.165, 1.54) is 32.1 Å². The molecule has 1 atom stereocenters. The lowest BCUT2D eigenvalue weighted by Crippen LogP contribution is -2.29. The maximum atomic E-state index is 12.9. The predicted molar refractivity (Wildman–Crippen MR) is 233 cm³/mol. The molecular formula is C50H56O9. The lowest BCUT2D eigenvalue weighted by molar-refractivity contribution is -0.148. The van der Waals surface area contributed by atoms with Gasteiger partial charge in [-0.15, -0.1) is 0 Å². The molecule has 0 aliphatic rings. The van der Waals surface area contributed by atoms with Crippen LogP contribution in [0.4, 0.5) is 0 Å². The van der Waals surface area contributed by atoms with Gasteiger partial charge in [0.05, 0.1) is 23.7 Å². The highest BCUT2D eigenvalue weighted by molar-refractivity contribution is 5.83. The quantitative estimate of drug-likeness (QED) is 0.0335. The summed E-state index contributed by atoms with van der Waals surface area (Å²) in [4.78, 5) is 37.5. The highest BCUT2D eigenvalue weighted by atomic mass is 16.6. The van der Waals surface area contributed by atoms with E-state index in [1.54, 1.807) is 12.1 Å². The van der Waals surface area contributed by atoms with Gasteiger partial charge >= 0.3 is 17.2 Å². The zero-order chi connectivity index (χ0) is 41.2. The maximum Gasteiger partial charge on any atom is 0.344 e. The van der Waals surface area contributed by atoms with Gasteiger partial charge in [0.25, 0.3) is 0 Å². The standard InChI is InChI=1S/C50H56O9/c1-3-36(2)48(51)55-29-19-11-9-7-5-4-6-8-10-18-28-54-43(34-56-41-26-24-39-30-44(37-20-14-12-15-21-37)49(52)58-46(39)32-41)35-57-42-27-25-40-31-45(38-22-16-13-17-23-38)50(53)59-47(40)33-42/h12-17,20-27,30-33,36,43H,3-11,18-19,28-29,34-35H2,1-2H3. The molecule has 310 valence electrons. The van der Waals surface area contributed by atoms with Gasteiger partial charge in [-0.3, -0.25) is 4.79 Å². The van der Waals surface area contributed by atoms with E-state index in [0.29, 0.717) is 47.0 Å². The lowest BCUT2D eigenvalue weighted by Gasteiger charge is -2.19. The second kappa shape index (κ2) is 22.5. The van der Waals surface area contributed by atoms with Gasteiger partial charge in [0.15, 0.2) is 0 Å². The number of hydrogen-bond donors (Lipinski definition) is 0. The van der Waals surface area contributed by atoms with E-state index in [0.717, 1.165) is 60.4 Å². The smallest absolute Gasteiger partial charge is 0.344 e. The summed E-state index contributed by atoms with van der Waals surface area (Å²) < 4.78 is 35.5. The van der Waals surface area contributed by atoms with Gasteiger partial charge in [-0.1, -0.05) is 126 Å². The van der Waals surface area contributed by atoms with Crippen LogP contribution < -0.4 is 20.7 Å². The summed E-state index contributed by atoms with van der Waals surface area (Å²) in [5.41, 5.74) is 2.67. The third-order valence-corrected chi connectivity index (χ3v) is 10.6. The first-order valence-corrected chi connectivity index (χ1v) is 21.2. The summed E-state index contributed by atoms with van der Waals surface area (Å²) >= 11 is 0. The van der Waals surface area contributed by atoms with E-state index in [2.05, 4.69) is 0 Å². The van der Waals surface area contributed by atoms with Crippen LogP contribution in [0.25, 0.3) is 44.2 Å². The Kier molecular flexibility index (Phi) is 16.3. The Bertz CT molecular complexity index is 2190. The number of benzene rings is 4. The highest BCUT2D eigenvalue weighted by Crippen LogP contribution is 2.27. The van der Waals surface area contributed by atoms with Crippen LogP contribution in [0.1, 0.15) is 84.5 Å². The van der Waals surface area contributed by atoms with Crippen LogP contribution in [-0.2, 0) is 14.3 Å². The third-order valence-electron chi connectivity index (χ3n) is 10.6. The molecule has 59 heavy (non-hydrogen) atoms. The van der Waals surface area contributed by atoms with E-state index < -0.39 is 17.4 Å². The molecule has 0 bridgehead atoms. The third kappa shape index (κ3) is 12.9. The first kappa shape index (κ1) is 42.9. The molecule has 6 rings (SSSR count). The fourth-order valence-corrected chi connectivity index (χ4v) is 6.87. The molecule has 2 aromatic heterocycles. The van der Waals surface area contributed by atoms with Crippen molar-refractivity contribution in [3.05, 3.63) is 130 Å². The number of carbonyl (C=O) groups is 1. The van der Waals surface area contributed by atoms with E-state index in [4.69, 9.17) is 27.8 Å². The minimum atomic E-state index is -0.411. The minimum Gasteiger partial charge on any atom is -0.491 e. The molecule has 0 fully saturated rings. The molecule has 0 spiro atoms. The Morgan fingerprint density at radius 3 is 1.46 bits per heavy atom. The topological polar surface area (TPSA) is 114 Å². The molecule has 4 aromatic carbocycles.